The Morgan fingerprint density at radius 2 is 2.00 bits per heavy atom. The molecule has 0 spiro atoms. The molecule has 0 unspecified atom stereocenters. The lowest BCUT2D eigenvalue weighted by Crippen LogP contribution is -2.07. The molecule has 17 heavy (non-hydrogen) atoms. The molecule has 0 amide bonds. The Kier molecular flexibility index (Phi) is 3.29. The quantitative estimate of drug-likeness (QED) is 0.877. The summed E-state index contributed by atoms with van der Waals surface area (Å²) in [6.07, 6.45) is 2.72. The van der Waals surface area contributed by atoms with E-state index in [0.717, 1.165) is 12.1 Å². The van der Waals surface area contributed by atoms with Crippen molar-refractivity contribution >= 4 is 0 Å². The first kappa shape index (κ1) is 11.9. The van der Waals surface area contributed by atoms with Gasteiger partial charge >= 0.3 is 0 Å². The second-order valence-corrected chi connectivity index (χ2v) is 4.49. The van der Waals surface area contributed by atoms with Gasteiger partial charge in [0.15, 0.2) is 0 Å². The number of aromatic nitrogens is 2. The zero-order chi connectivity index (χ0) is 12.4. The summed E-state index contributed by atoms with van der Waals surface area (Å²) >= 11 is 0. The second kappa shape index (κ2) is 4.72. The van der Waals surface area contributed by atoms with Crippen molar-refractivity contribution in [1.29, 1.82) is 0 Å². The highest BCUT2D eigenvalue weighted by Gasteiger charge is 2.10. The minimum absolute atomic E-state index is 0.650. The van der Waals surface area contributed by atoms with Gasteiger partial charge in [-0.05, 0) is 37.6 Å². The number of nitrogens with two attached hydrogens (primary N) is 1. The van der Waals surface area contributed by atoms with Crippen LogP contribution in [0.3, 0.4) is 0 Å². The fourth-order valence-corrected chi connectivity index (χ4v) is 2.02. The van der Waals surface area contributed by atoms with Gasteiger partial charge in [0.25, 0.3) is 0 Å². The van der Waals surface area contributed by atoms with Gasteiger partial charge < -0.3 is 10.3 Å². The van der Waals surface area contributed by atoms with Crippen LogP contribution in [0.4, 0.5) is 0 Å². The maximum Gasteiger partial charge on any atom is 0.0953 e. The van der Waals surface area contributed by atoms with Crippen molar-refractivity contribution < 1.29 is 0 Å². The van der Waals surface area contributed by atoms with Gasteiger partial charge in [-0.25, -0.2) is 4.98 Å². The fraction of sp³-hybridized carbons (Fsp3) is 0.357. The summed E-state index contributed by atoms with van der Waals surface area (Å²) in [5.74, 6) is 0. The standard InChI is InChI=1S/C14H19N3/c1-10-4-5-12(8-11(10)2)14-13(6-7-15)17(3)9-16-14/h4-5,8-9H,6-7,15H2,1-3H3. The smallest absolute Gasteiger partial charge is 0.0953 e. The molecule has 0 atom stereocenters. The summed E-state index contributed by atoms with van der Waals surface area (Å²) in [6.45, 7) is 4.90. The summed E-state index contributed by atoms with van der Waals surface area (Å²) in [7, 11) is 2.02. The van der Waals surface area contributed by atoms with Crippen LogP contribution in [0.1, 0.15) is 16.8 Å². The largest absolute Gasteiger partial charge is 0.337 e. The zero-order valence-electron chi connectivity index (χ0n) is 10.7. The molecule has 0 aliphatic rings. The van der Waals surface area contributed by atoms with Crippen LogP contribution in [0.25, 0.3) is 11.3 Å². The SMILES string of the molecule is Cc1ccc(-c2ncn(C)c2CCN)cc1C. The molecule has 90 valence electrons. The normalized spacial score (nSPS) is 10.8. The van der Waals surface area contributed by atoms with E-state index >= 15 is 0 Å². The molecule has 0 saturated heterocycles. The lowest BCUT2D eigenvalue weighted by molar-refractivity contribution is 0.805. The molecule has 3 heteroatoms. The van der Waals surface area contributed by atoms with Gasteiger partial charge in [0, 0.05) is 24.7 Å². The van der Waals surface area contributed by atoms with E-state index in [2.05, 4.69) is 41.6 Å². The van der Waals surface area contributed by atoms with Crippen molar-refractivity contribution in [3.05, 3.63) is 41.3 Å². The van der Waals surface area contributed by atoms with Gasteiger partial charge in [-0.15, -0.1) is 0 Å². The van der Waals surface area contributed by atoms with E-state index in [1.807, 2.05) is 13.4 Å². The molecule has 0 aliphatic carbocycles. The molecule has 2 rings (SSSR count). The van der Waals surface area contributed by atoms with E-state index in [1.54, 1.807) is 0 Å². The number of aryl methyl sites for hydroxylation is 3. The van der Waals surface area contributed by atoms with Crippen molar-refractivity contribution in [1.82, 2.24) is 9.55 Å². The third-order valence-corrected chi connectivity index (χ3v) is 3.22. The van der Waals surface area contributed by atoms with E-state index in [9.17, 15) is 0 Å². The van der Waals surface area contributed by atoms with Gasteiger partial charge in [0.2, 0.25) is 0 Å². The fourth-order valence-electron chi connectivity index (χ4n) is 2.02. The van der Waals surface area contributed by atoms with Crippen LogP contribution < -0.4 is 5.73 Å². The van der Waals surface area contributed by atoms with Crippen LogP contribution >= 0.6 is 0 Å². The second-order valence-electron chi connectivity index (χ2n) is 4.49. The molecule has 0 radical (unpaired) electrons. The number of nitrogens with zero attached hydrogens (tertiary/aromatic N) is 2. The molecule has 0 saturated carbocycles. The summed E-state index contributed by atoms with van der Waals surface area (Å²) in [5, 5.41) is 0. The minimum atomic E-state index is 0.650. The van der Waals surface area contributed by atoms with Crippen LogP contribution in [-0.2, 0) is 13.5 Å². The molecule has 1 aromatic heterocycles. The third-order valence-electron chi connectivity index (χ3n) is 3.22. The van der Waals surface area contributed by atoms with Crippen molar-refractivity contribution in [3.63, 3.8) is 0 Å². The summed E-state index contributed by atoms with van der Waals surface area (Å²) in [5.41, 5.74) is 11.7. The number of rotatable bonds is 3. The lowest BCUT2D eigenvalue weighted by Gasteiger charge is -2.07. The van der Waals surface area contributed by atoms with E-state index in [0.29, 0.717) is 6.54 Å². The Morgan fingerprint density at radius 3 is 2.65 bits per heavy atom. The molecule has 3 nitrogen and oxygen atoms in total. The Labute approximate surface area is 102 Å². The van der Waals surface area contributed by atoms with E-state index < -0.39 is 0 Å². The molecule has 2 aromatic rings. The molecule has 1 heterocycles. The Morgan fingerprint density at radius 1 is 1.24 bits per heavy atom. The minimum Gasteiger partial charge on any atom is -0.337 e. The maximum atomic E-state index is 5.65. The molecule has 1 aromatic carbocycles. The number of benzene rings is 1. The van der Waals surface area contributed by atoms with E-state index in [1.165, 1.54) is 22.4 Å². The highest BCUT2D eigenvalue weighted by Crippen LogP contribution is 2.24. The maximum absolute atomic E-state index is 5.65. The Balaban J connectivity index is 2.48. The van der Waals surface area contributed by atoms with Crippen LogP contribution in [0.15, 0.2) is 24.5 Å². The number of imidazole rings is 1. The van der Waals surface area contributed by atoms with Crippen LogP contribution in [0.2, 0.25) is 0 Å². The zero-order valence-corrected chi connectivity index (χ0v) is 10.7. The predicted octanol–water partition coefficient (Wildman–Crippen LogP) is 2.21. The topological polar surface area (TPSA) is 43.8 Å². The highest BCUT2D eigenvalue weighted by molar-refractivity contribution is 5.63. The first-order valence-electron chi connectivity index (χ1n) is 5.91. The number of hydrogen-bond acceptors (Lipinski definition) is 2. The molecular weight excluding hydrogens is 210 g/mol. The molecule has 2 N–H and O–H groups in total. The molecule has 0 bridgehead atoms. The van der Waals surface area contributed by atoms with Gasteiger partial charge in [-0.1, -0.05) is 12.1 Å². The van der Waals surface area contributed by atoms with E-state index in [-0.39, 0.29) is 0 Å². The van der Waals surface area contributed by atoms with Crippen molar-refractivity contribution in [2.75, 3.05) is 6.54 Å². The number of hydrogen-bond donors (Lipinski definition) is 1. The summed E-state index contributed by atoms with van der Waals surface area (Å²) in [4.78, 5) is 4.48. The molecule has 0 aliphatic heterocycles. The molecule has 0 fully saturated rings. The van der Waals surface area contributed by atoms with Gasteiger partial charge in [0.05, 0.1) is 12.0 Å². The third kappa shape index (κ3) is 2.24. The van der Waals surface area contributed by atoms with Crippen molar-refractivity contribution in [2.24, 2.45) is 12.8 Å². The van der Waals surface area contributed by atoms with Crippen molar-refractivity contribution in [3.8, 4) is 11.3 Å². The lowest BCUT2D eigenvalue weighted by atomic mass is 10.0. The average Bonchev–Trinajstić information content (AvgIpc) is 2.66. The Hall–Kier alpha value is -1.61. The Bertz CT molecular complexity index is 526. The monoisotopic (exact) mass is 229 g/mol. The van der Waals surface area contributed by atoms with E-state index in [4.69, 9.17) is 5.73 Å². The highest BCUT2D eigenvalue weighted by atomic mass is 15.0. The summed E-state index contributed by atoms with van der Waals surface area (Å²) in [6, 6.07) is 6.47. The predicted molar refractivity (Wildman–Crippen MR) is 70.9 cm³/mol. The van der Waals surface area contributed by atoms with Gasteiger partial charge in [0.1, 0.15) is 0 Å². The van der Waals surface area contributed by atoms with Crippen LogP contribution in [0, 0.1) is 13.8 Å². The van der Waals surface area contributed by atoms with Gasteiger partial charge in [-0.3, -0.25) is 0 Å². The summed E-state index contributed by atoms with van der Waals surface area (Å²) < 4.78 is 2.05. The van der Waals surface area contributed by atoms with Crippen molar-refractivity contribution in [2.45, 2.75) is 20.3 Å². The van der Waals surface area contributed by atoms with Crippen LogP contribution in [0.5, 0.6) is 0 Å². The first-order valence-corrected chi connectivity index (χ1v) is 5.91. The average molecular weight is 229 g/mol. The van der Waals surface area contributed by atoms with Crippen LogP contribution in [-0.4, -0.2) is 16.1 Å². The van der Waals surface area contributed by atoms with Gasteiger partial charge in [-0.2, -0.15) is 0 Å². The molecular formula is C14H19N3. The first-order chi connectivity index (χ1) is 8.13.